The summed E-state index contributed by atoms with van der Waals surface area (Å²) in [7, 11) is 0. The Morgan fingerprint density at radius 2 is 2.33 bits per heavy atom. The Balaban J connectivity index is 1.73. The van der Waals surface area contributed by atoms with Crippen molar-refractivity contribution in [1.82, 2.24) is 5.32 Å². The SMILES string of the molecule is C1=NC2C(=C1)C=C1C3Cc4cccc5c4C1(CCN3)C2O5. The molecule has 1 aromatic carbocycles. The van der Waals surface area contributed by atoms with Gasteiger partial charge in [0.25, 0.3) is 0 Å². The van der Waals surface area contributed by atoms with Gasteiger partial charge in [0.1, 0.15) is 17.9 Å². The summed E-state index contributed by atoms with van der Waals surface area (Å²) in [6.07, 6.45) is 8.90. The fourth-order valence-corrected chi connectivity index (χ4v) is 5.25. The van der Waals surface area contributed by atoms with Crippen molar-refractivity contribution in [2.24, 2.45) is 4.99 Å². The molecule has 3 heterocycles. The molecule has 1 fully saturated rings. The Hall–Kier alpha value is -1.87. The highest BCUT2D eigenvalue weighted by atomic mass is 16.5. The number of aliphatic imine (C=N–C) groups is 1. The number of hydrogen-bond acceptors (Lipinski definition) is 3. The molecule has 4 unspecified atom stereocenters. The Kier molecular flexibility index (Phi) is 1.70. The molecule has 5 aliphatic rings. The van der Waals surface area contributed by atoms with Crippen molar-refractivity contribution in [3.05, 3.63) is 52.6 Å². The van der Waals surface area contributed by atoms with Gasteiger partial charge >= 0.3 is 0 Å². The lowest BCUT2D eigenvalue weighted by molar-refractivity contribution is 0.119. The van der Waals surface area contributed by atoms with E-state index in [9.17, 15) is 0 Å². The summed E-state index contributed by atoms with van der Waals surface area (Å²) in [5.41, 5.74) is 5.89. The van der Waals surface area contributed by atoms with E-state index in [0.717, 1.165) is 25.1 Å². The van der Waals surface area contributed by atoms with Crippen LogP contribution in [0.3, 0.4) is 0 Å². The lowest BCUT2D eigenvalue weighted by atomic mass is 9.55. The lowest BCUT2D eigenvalue weighted by Gasteiger charge is -2.51. The standard InChI is InChI=1S/C18H16N2O/c1-2-10-9-13-12-8-11-4-6-20-16(11)17-18(12,5-7-19-13)15(10)14(3-1)21-17/h1-4,6,8,13,16-17,19H,5,7,9H2. The van der Waals surface area contributed by atoms with E-state index in [1.807, 2.05) is 6.21 Å². The maximum Gasteiger partial charge on any atom is 0.139 e. The molecule has 3 nitrogen and oxygen atoms in total. The molecule has 0 amide bonds. The second kappa shape index (κ2) is 3.30. The summed E-state index contributed by atoms with van der Waals surface area (Å²) in [6, 6.07) is 7.22. The first-order chi connectivity index (χ1) is 10.4. The van der Waals surface area contributed by atoms with Crippen LogP contribution in [0.4, 0.5) is 0 Å². The molecule has 6 rings (SSSR count). The Morgan fingerprint density at radius 3 is 3.33 bits per heavy atom. The van der Waals surface area contributed by atoms with E-state index in [1.165, 1.54) is 16.7 Å². The monoisotopic (exact) mass is 276 g/mol. The van der Waals surface area contributed by atoms with Crippen LogP contribution in [0.15, 0.2) is 46.5 Å². The van der Waals surface area contributed by atoms with Crippen molar-refractivity contribution < 1.29 is 4.74 Å². The van der Waals surface area contributed by atoms with Crippen molar-refractivity contribution in [2.45, 2.75) is 36.4 Å². The van der Waals surface area contributed by atoms with E-state index in [-0.39, 0.29) is 17.6 Å². The molecule has 3 heteroatoms. The Morgan fingerprint density at radius 1 is 1.33 bits per heavy atom. The predicted molar refractivity (Wildman–Crippen MR) is 81.1 cm³/mol. The van der Waals surface area contributed by atoms with E-state index in [4.69, 9.17) is 9.73 Å². The third kappa shape index (κ3) is 1.05. The Labute approximate surface area is 123 Å². The van der Waals surface area contributed by atoms with Crippen molar-refractivity contribution in [3.63, 3.8) is 0 Å². The van der Waals surface area contributed by atoms with Crippen LogP contribution in [-0.2, 0) is 11.8 Å². The summed E-state index contributed by atoms with van der Waals surface area (Å²) in [5, 5.41) is 3.72. The van der Waals surface area contributed by atoms with E-state index < -0.39 is 0 Å². The zero-order valence-corrected chi connectivity index (χ0v) is 11.7. The van der Waals surface area contributed by atoms with Crippen LogP contribution < -0.4 is 10.1 Å². The molecule has 1 aromatic rings. The highest BCUT2D eigenvalue weighted by Crippen LogP contribution is 2.60. The number of hydrogen-bond donors (Lipinski definition) is 1. The number of piperidine rings is 1. The largest absolute Gasteiger partial charge is 0.486 e. The van der Waals surface area contributed by atoms with Crippen molar-refractivity contribution >= 4 is 6.21 Å². The molecule has 2 bridgehead atoms. The van der Waals surface area contributed by atoms with Crippen molar-refractivity contribution in [3.8, 4) is 5.75 Å². The molecular weight excluding hydrogens is 260 g/mol. The number of allylic oxidation sites excluding steroid dienone is 1. The number of fused-ring (bicyclic) bond motifs is 2. The second-order valence-electron chi connectivity index (χ2n) is 6.77. The molecule has 0 aromatic heterocycles. The summed E-state index contributed by atoms with van der Waals surface area (Å²) in [4.78, 5) is 4.71. The molecule has 0 saturated carbocycles. The van der Waals surface area contributed by atoms with Gasteiger partial charge in [0, 0.05) is 17.8 Å². The third-order valence-corrected chi connectivity index (χ3v) is 5.99. The highest BCUT2D eigenvalue weighted by Gasteiger charge is 2.62. The summed E-state index contributed by atoms with van der Waals surface area (Å²) in [6.45, 7) is 1.07. The van der Waals surface area contributed by atoms with Crippen LogP contribution in [0.25, 0.3) is 0 Å². The van der Waals surface area contributed by atoms with E-state index in [1.54, 1.807) is 5.57 Å². The van der Waals surface area contributed by atoms with E-state index in [0.29, 0.717) is 6.04 Å². The fourth-order valence-electron chi connectivity index (χ4n) is 5.25. The van der Waals surface area contributed by atoms with Gasteiger partial charge in [-0.2, -0.15) is 0 Å². The van der Waals surface area contributed by atoms with Gasteiger partial charge in [-0.3, -0.25) is 4.99 Å². The molecular formula is C18H16N2O. The average molecular weight is 276 g/mol. The van der Waals surface area contributed by atoms with Gasteiger partial charge in [-0.25, -0.2) is 0 Å². The zero-order valence-electron chi connectivity index (χ0n) is 11.7. The number of nitrogens with zero attached hydrogens (tertiary/aromatic N) is 1. The molecule has 21 heavy (non-hydrogen) atoms. The van der Waals surface area contributed by atoms with Crippen LogP contribution >= 0.6 is 0 Å². The average Bonchev–Trinajstić information content (AvgIpc) is 3.06. The topological polar surface area (TPSA) is 33.6 Å². The zero-order chi connectivity index (χ0) is 13.6. The predicted octanol–water partition coefficient (Wildman–Crippen LogP) is 1.92. The molecule has 104 valence electrons. The molecule has 1 N–H and O–H groups in total. The first-order valence-electron chi connectivity index (χ1n) is 7.86. The summed E-state index contributed by atoms with van der Waals surface area (Å²) in [5.74, 6) is 1.10. The molecule has 3 aliphatic heterocycles. The number of benzene rings is 1. The minimum atomic E-state index is 0.0732. The lowest BCUT2D eigenvalue weighted by Crippen LogP contribution is -2.61. The van der Waals surface area contributed by atoms with Gasteiger partial charge < -0.3 is 10.1 Å². The molecule has 4 atom stereocenters. The van der Waals surface area contributed by atoms with Crippen LogP contribution in [0, 0.1) is 0 Å². The third-order valence-electron chi connectivity index (χ3n) is 5.99. The van der Waals surface area contributed by atoms with Crippen molar-refractivity contribution in [2.75, 3.05) is 6.54 Å². The summed E-state index contributed by atoms with van der Waals surface area (Å²) >= 11 is 0. The first-order valence-corrected chi connectivity index (χ1v) is 7.86. The second-order valence-corrected chi connectivity index (χ2v) is 6.77. The van der Waals surface area contributed by atoms with Gasteiger partial charge in [0.05, 0.1) is 5.41 Å². The van der Waals surface area contributed by atoms with Gasteiger partial charge in [0.2, 0.25) is 0 Å². The first kappa shape index (κ1) is 10.8. The maximum absolute atomic E-state index is 6.47. The van der Waals surface area contributed by atoms with Crippen LogP contribution in [-0.4, -0.2) is 30.9 Å². The minimum absolute atomic E-state index is 0.0732. The minimum Gasteiger partial charge on any atom is -0.486 e. The highest BCUT2D eigenvalue weighted by molar-refractivity contribution is 5.79. The molecule has 1 spiro atoms. The maximum atomic E-state index is 6.47. The van der Waals surface area contributed by atoms with Gasteiger partial charge in [-0.15, -0.1) is 0 Å². The van der Waals surface area contributed by atoms with Gasteiger partial charge in [0.15, 0.2) is 0 Å². The number of ether oxygens (including phenoxy) is 1. The quantitative estimate of drug-likeness (QED) is 0.785. The summed E-state index contributed by atoms with van der Waals surface area (Å²) < 4.78 is 6.47. The fraction of sp³-hybridized carbons (Fsp3) is 0.389. The van der Waals surface area contributed by atoms with Crippen LogP contribution in [0.1, 0.15) is 17.5 Å². The van der Waals surface area contributed by atoms with Gasteiger partial charge in [-0.05, 0) is 48.2 Å². The van der Waals surface area contributed by atoms with Crippen LogP contribution in [0.2, 0.25) is 0 Å². The van der Waals surface area contributed by atoms with Crippen molar-refractivity contribution in [1.29, 1.82) is 0 Å². The molecule has 1 saturated heterocycles. The smallest absolute Gasteiger partial charge is 0.139 e. The van der Waals surface area contributed by atoms with Crippen LogP contribution in [0.5, 0.6) is 5.75 Å². The number of nitrogens with one attached hydrogen (secondary N) is 1. The van der Waals surface area contributed by atoms with E-state index >= 15 is 0 Å². The molecule has 0 radical (unpaired) electrons. The number of rotatable bonds is 0. The van der Waals surface area contributed by atoms with Gasteiger partial charge in [-0.1, -0.05) is 18.2 Å². The van der Waals surface area contributed by atoms with E-state index in [2.05, 4.69) is 35.7 Å². The molecule has 2 aliphatic carbocycles. The normalized spacial score (nSPS) is 40.1. The Bertz CT molecular complexity index is 775.